The average molecular weight is 422 g/mol. The summed E-state index contributed by atoms with van der Waals surface area (Å²) in [5.41, 5.74) is 3.90. The van der Waals surface area contributed by atoms with E-state index in [1.807, 2.05) is 24.3 Å². The van der Waals surface area contributed by atoms with Crippen molar-refractivity contribution < 1.29 is 5.11 Å². The first-order valence-electron chi connectivity index (χ1n) is 11.2. The van der Waals surface area contributed by atoms with Crippen LogP contribution in [0.1, 0.15) is 52.5 Å². The van der Waals surface area contributed by atoms with Crippen LogP contribution in [0.25, 0.3) is 16.8 Å². The third-order valence-electron chi connectivity index (χ3n) is 6.44. The lowest BCUT2D eigenvalue weighted by atomic mass is 9.79. The van der Waals surface area contributed by atoms with Crippen molar-refractivity contribution in [2.75, 3.05) is 25.0 Å². The second-order valence-corrected chi connectivity index (χ2v) is 10.3. The van der Waals surface area contributed by atoms with Crippen molar-refractivity contribution in [2.45, 2.75) is 64.1 Å². The summed E-state index contributed by atoms with van der Waals surface area (Å²) in [6, 6.07) is 10.2. The minimum Gasteiger partial charge on any atom is -0.507 e. The van der Waals surface area contributed by atoms with Gasteiger partial charge >= 0.3 is 0 Å². The Morgan fingerprint density at radius 3 is 2.35 bits per heavy atom. The van der Waals surface area contributed by atoms with Gasteiger partial charge in [0.05, 0.1) is 5.69 Å². The number of aromatic nitrogens is 2. The Morgan fingerprint density at radius 2 is 1.77 bits per heavy atom. The van der Waals surface area contributed by atoms with E-state index < -0.39 is 0 Å². The molecule has 0 saturated carbocycles. The van der Waals surface area contributed by atoms with Crippen LogP contribution in [-0.2, 0) is 0 Å². The number of hydrogen-bond acceptors (Lipinski definition) is 6. The van der Waals surface area contributed by atoms with Crippen molar-refractivity contribution in [3.05, 3.63) is 42.0 Å². The Kier molecular flexibility index (Phi) is 5.79. The summed E-state index contributed by atoms with van der Waals surface area (Å²) in [6.45, 7) is 10.9. The highest BCUT2D eigenvalue weighted by molar-refractivity contribution is 5.74. The monoisotopic (exact) mass is 421 g/mol. The Hall–Kier alpha value is -2.44. The summed E-state index contributed by atoms with van der Waals surface area (Å²) in [5, 5.41) is 26.7. The van der Waals surface area contributed by atoms with Crippen LogP contribution in [0.5, 0.6) is 5.75 Å². The lowest BCUT2D eigenvalue weighted by Gasteiger charge is -2.49. The van der Waals surface area contributed by atoms with Crippen LogP contribution < -0.4 is 15.5 Å². The van der Waals surface area contributed by atoms with E-state index in [1.165, 1.54) is 5.57 Å². The summed E-state index contributed by atoms with van der Waals surface area (Å²) >= 11 is 0. The van der Waals surface area contributed by atoms with E-state index in [2.05, 4.69) is 72.6 Å². The zero-order valence-electron chi connectivity index (χ0n) is 19.4. The third kappa shape index (κ3) is 4.91. The molecule has 1 saturated heterocycles. The molecule has 3 heterocycles. The van der Waals surface area contributed by atoms with Crippen LogP contribution in [0, 0.1) is 0 Å². The maximum atomic E-state index is 10.6. The predicted molar refractivity (Wildman–Crippen MR) is 127 cm³/mol. The van der Waals surface area contributed by atoms with Crippen molar-refractivity contribution in [3.8, 4) is 17.0 Å². The molecular weight excluding hydrogens is 386 g/mol. The maximum absolute atomic E-state index is 10.6. The highest BCUT2D eigenvalue weighted by atomic mass is 16.3. The molecule has 0 aliphatic carbocycles. The Morgan fingerprint density at radius 1 is 1.03 bits per heavy atom. The zero-order valence-corrected chi connectivity index (χ0v) is 19.4. The SMILES string of the molecule is CN(c1ccc(-c2ccc(C3=CCNCC3)cc2O)nn1)C1CC(C)(C)NC(C)(C)C1. The number of aromatic hydroxyl groups is 1. The van der Waals surface area contributed by atoms with Gasteiger partial charge in [-0.25, -0.2) is 0 Å². The lowest BCUT2D eigenvalue weighted by molar-refractivity contribution is 0.160. The molecule has 0 unspecified atom stereocenters. The van der Waals surface area contributed by atoms with Crippen LogP contribution >= 0.6 is 0 Å². The largest absolute Gasteiger partial charge is 0.507 e. The van der Waals surface area contributed by atoms with Crippen LogP contribution in [0.15, 0.2) is 36.4 Å². The first kappa shape index (κ1) is 21.8. The second kappa shape index (κ2) is 8.24. The van der Waals surface area contributed by atoms with Gasteiger partial charge in [0.15, 0.2) is 5.82 Å². The highest BCUT2D eigenvalue weighted by Gasteiger charge is 2.39. The minimum absolute atomic E-state index is 0.0748. The summed E-state index contributed by atoms with van der Waals surface area (Å²) in [4.78, 5) is 2.24. The van der Waals surface area contributed by atoms with Gasteiger partial charge in [-0.1, -0.05) is 12.1 Å². The van der Waals surface area contributed by atoms with Crippen molar-refractivity contribution in [1.82, 2.24) is 20.8 Å². The number of nitrogens with zero attached hydrogens (tertiary/aromatic N) is 3. The number of rotatable bonds is 4. The van der Waals surface area contributed by atoms with Gasteiger partial charge in [-0.3, -0.25) is 0 Å². The van der Waals surface area contributed by atoms with Crippen LogP contribution in [0.4, 0.5) is 5.82 Å². The molecule has 0 radical (unpaired) electrons. The van der Waals surface area contributed by atoms with Gasteiger partial charge in [-0.05, 0) is 88.9 Å². The number of piperidine rings is 1. The molecule has 2 aromatic rings. The maximum Gasteiger partial charge on any atom is 0.151 e. The fraction of sp³-hybridized carbons (Fsp3) is 0.520. The van der Waals surface area contributed by atoms with Gasteiger partial charge in [0.2, 0.25) is 0 Å². The molecule has 1 fully saturated rings. The van der Waals surface area contributed by atoms with E-state index in [0.29, 0.717) is 17.3 Å². The average Bonchev–Trinajstić information content (AvgIpc) is 2.72. The number of benzene rings is 1. The second-order valence-electron chi connectivity index (χ2n) is 10.3. The molecule has 0 atom stereocenters. The van der Waals surface area contributed by atoms with Crippen molar-refractivity contribution >= 4 is 11.4 Å². The van der Waals surface area contributed by atoms with Gasteiger partial charge in [0.25, 0.3) is 0 Å². The molecule has 2 aliphatic rings. The first-order chi connectivity index (χ1) is 14.6. The summed E-state index contributed by atoms with van der Waals surface area (Å²) < 4.78 is 0. The van der Waals surface area contributed by atoms with Crippen LogP contribution in [-0.4, -0.2) is 52.6 Å². The molecule has 0 bridgehead atoms. The van der Waals surface area contributed by atoms with Gasteiger partial charge in [-0.15, -0.1) is 10.2 Å². The normalized spacial score (nSPS) is 20.9. The Bertz CT molecular complexity index is 948. The standard InChI is InChI=1S/C25H35N5O/c1-24(2)15-19(16-25(3,4)29-24)30(5)23-9-8-21(27-28-23)20-7-6-18(14-22(20)31)17-10-12-26-13-11-17/h6-10,14,19,26,29,31H,11-13,15-16H2,1-5H3. The highest BCUT2D eigenvalue weighted by Crippen LogP contribution is 2.34. The van der Waals surface area contributed by atoms with Crippen molar-refractivity contribution in [2.24, 2.45) is 0 Å². The van der Waals surface area contributed by atoms with Crippen molar-refractivity contribution in [1.29, 1.82) is 0 Å². The molecule has 0 amide bonds. The molecule has 3 N–H and O–H groups in total. The summed E-state index contributed by atoms with van der Waals surface area (Å²) in [6.07, 6.45) is 5.25. The minimum atomic E-state index is 0.0748. The molecule has 1 aromatic carbocycles. The van der Waals surface area contributed by atoms with E-state index in [4.69, 9.17) is 0 Å². The van der Waals surface area contributed by atoms with Gasteiger partial charge < -0.3 is 20.6 Å². The number of phenolic OH excluding ortho intramolecular Hbond substituents is 1. The van der Waals surface area contributed by atoms with E-state index in [0.717, 1.165) is 43.7 Å². The fourth-order valence-electron chi connectivity index (χ4n) is 5.22. The Balaban J connectivity index is 1.52. The molecular formula is C25H35N5O. The van der Waals surface area contributed by atoms with Crippen molar-refractivity contribution in [3.63, 3.8) is 0 Å². The van der Waals surface area contributed by atoms with E-state index in [1.54, 1.807) is 0 Å². The number of anilines is 1. The molecule has 2 aliphatic heterocycles. The summed E-state index contributed by atoms with van der Waals surface area (Å²) in [7, 11) is 2.10. The van der Waals surface area contributed by atoms with Crippen LogP contribution in [0.2, 0.25) is 0 Å². The van der Waals surface area contributed by atoms with Crippen LogP contribution in [0.3, 0.4) is 0 Å². The molecule has 6 heteroatoms. The molecule has 166 valence electrons. The fourth-order valence-corrected chi connectivity index (χ4v) is 5.22. The number of hydrogen-bond donors (Lipinski definition) is 3. The molecule has 31 heavy (non-hydrogen) atoms. The predicted octanol–water partition coefficient (Wildman–Crippen LogP) is 3.97. The van der Waals surface area contributed by atoms with E-state index >= 15 is 0 Å². The van der Waals surface area contributed by atoms with Gasteiger partial charge in [0, 0.05) is 36.3 Å². The number of nitrogens with one attached hydrogen (secondary N) is 2. The molecule has 4 rings (SSSR count). The quantitative estimate of drug-likeness (QED) is 0.694. The molecule has 0 spiro atoms. The zero-order chi connectivity index (χ0) is 22.2. The topological polar surface area (TPSA) is 73.3 Å². The van der Waals surface area contributed by atoms with Gasteiger partial charge in [-0.2, -0.15) is 0 Å². The summed E-state index contributed by atoms with van der Waals surface area (Å²) in [5.74, 6) is 1.10. The lowest BCUT2D eigenvalue weighted by Crippen LogP contribution is -2.62. The molecule has 1 aromatic heterocycles. The molecule has 6 nitrogen and oxygen atoms in total. The van der Waals surface area contributed by atoms with Gasteiger partial charge in [0.1, 0.15) is 5.75 Å². The number of phenols is 1. The Labute approximate surface area is 185 Å². The smallest absolute Gasteiger partial charge is 0.151 e. The first-order valence-corrected chi connectivity index (χ1v) is 11.2. The third-order valence-corrected chi connectivity index (χ3v) is 6.44. The van der Waals surface area contributed by atoms with E-state index in [9.17, 15) is 5.11 Å². The van der Waals surface area contributed by atoms with E-state index in [-0.39, 0.29) is 16.8 Å².